The van der Waals surface area contributed by atoms with Gasteiger partial charge in [-0.1, -0.05) is 54.1 Å². The molecule has 0 saturated heterocycles. The summed E-state index contributed by atoms with van der Waals surface area (Å²) >= 11 is 6.11. The van der Waals surface area contributed by atoms with Crippen LogP contribution in [0.15, 0.2) is 84.0 Å². The molecule has 0 heterocycles. The Hall–Kier alpha value is -3.69. The van der Waals surface area contributed by atoms with Gasteiger partial charge in [-0.05, 0) is 48.9 Å². The van der Waals surface area contributed by atoms with Crippen molar-refractivity contribution in [3.8, 4) is 0 Å². The Morgan fingerprint density at radius 2 is 1.59 bits per heavy atom. The highest BCUT2D eigenvalue weighted by molar-refractivity contribution is 7.92. The second kappa shape index (κ2) is 11.0. The molecule has 0 aliphatic carbocycles. The second-order valence-corrected chi connectivity index (χ2v) is 9.67. The highest BCUT2D eigenvalue weighted by atomic mass is 35.5. The first kappa shape index (κ1) is 24.9. The van der Waals surface area contributed by atoms with Crippen LogP contribution in [0.2, 0.25) is 5.02 Å². The van der Waals surface area contributed by atoms with Crippen LogP contribution in [0.5, 0.6) is 0 Å². The molecule has 3 aromatic carbocycles. The molecule has 8 nitrogen and oxygen atoms in total. The number of hydrazone groups is 1. The summed E-state index contributed by atoms with van der Waals surface area (Å²) < 4.78 is 25.4. The van der Waals surface area contributed by atoms with Gasteiger partial charge in [-0.15, -0.1) is 0 Å². The van der Waals surface area contributed by atoms with Crippen LogP contribution in [0.4, 0.5) is 11.4 Å². The fraction of sp³-hybridized carbons (Fsp3) is 0.125. The number of rotatable bonds is 8. The average Bonchev–Trinajstić information content (AvgIpc) is 2.81. The summed E-state index contributed by atoms with van der Waals surface area (Å²) in [6.07, 6.45) is 0.993. The third-order valence-corrected chi connectivity index (χ3v) is 6.18. The highest BCUT2D eigenvalue weighted by Crippen LogP contribution is 2.26. The van der Waals surface area contributed by atoms with Crippen molar-refractivity contribution in [1.29, 1.82) is 0 Å². The van der Waals surface area contributed by atoms with Crippen molar-refractivity contribution in [2.24, 2.45) is 5.10 Å². The average molecular weight is 499 g/mol. The molecular formula is C24H23ClN4O4S. The Bertz CT molecular complexity index is 1330. The number of benzene rings is 3. The number of halogens is 1. The summed E-state index contributed by atoms with van der Waals surface area (Å²) in [4.78, 5) is 24.8. The lowest BCUT2D eigenvalue weighted by Gasteiger charge is -2.22. The number of nitrogens with zero attached hydrogens (tertiary/aromatic N) is 2. The number of hydrogen-bond donors (Lipinski definition) is 2. The number of anilines is 2. The minimum atomic E-state index is -3.77. The number of carbonyl (C=O) groups is 2. The van der Waals surface area contributed by atoms with Gasteiger partial charge in [-0.25, -0.2) is 13.8 Å². The van der Waals surface area contributed by atoms with Crippen molar-refractivity contribution in [2.75, 3.05) is 22.4 Å². The molecule has 176 valence electrons. The lowest BCUT2D eigenvalue weighted by Crippen LogP contribution is -2.39. The molecular weight excluding hydrogens is 476 g/mol. The lowest BCUT2D eigenvalue weighted by atomic mass is 10.1. The Kier molecular flexibility index (Phi) is 8.04. The third kappa shape index (κ3) is 6.66. The molecule has 2 N–H and O–H groups in total. The van der Waals surface area contributed by atoms with E-state index in [1.54, 1.807) is 73.7 Å². The predicted molar refractivity (Wildman–Crippen MR) is 135 cm³/mol. The van der Waals surface area contributed by atoms with Gasteiger partial charge in [0.2, 0.25) is 10.0 Å². The van der Waals surface area contributed by atoms with E-state index in [1.165, 1.54) is 6.07 Å². The van der Waals surface area contributed by atoms with Crippen molar-refractivity contribution < 1.29 is 18.0 Å². The molecule has 0 bridgehead atoms. The topological polar surface area (TPSA) is 108 Å². The SMILES string of the molecule is C/C(=N/NC(=O)CN(c1ccccc1Cl)S(C)(=O)=O)c1cccc(NC(=O)c2ccccc2)c1. The van der Waals surface area contributed by atoms with Crippen molar-refractivity contribution in [2.45, 2.75) is 6.92 Å². The molecule has 0 aromatic heterocycles. The molecule has 0 unspecified atom stereocenters. The summed E-state index contributed by atoms with van der Waals surface area (Å²) in [6, 6.07) is 22.1. The van der Waals surface area contributed by atoms with Crippen LogP contribution in [0.25, 0.3) is 0 Å². The van der Waals surface area contributed by atoms with E-state index in [0.717, 1.165) is 10.6 Å². The smallest absolute Gasteiger partial charge is 0.260 e. The van der Waals surface area contributed by atoms with Crippen molar-refractivity contribution in [3.05, 3.63) is 95.0 Å². The van der Waals surface area contributed by atoms with Gasteiger partial charge in [0.1, 0.15) is 6.54 Å². The zero-order chi connectivity index (χ0) is 24.7. The molecule has 0 saturated carbocycles. The summed E-state index contributed by atoms with van der Waals surface area (Å²) in [7, 11) is -3.77. The Labute approximate surface area is 203 Å². The normalized spacial score (nSPS) is 11.6. The molecule has 0 radical (unpaired) electrons. The predicted octanol–water partition coefficient (Wildman–Crippen LogP) is 3.90. The zero-order valence-electron chi connectivity index (χ0n) is 18.5. The molecule has 3 rings (SSSR count). The van der Waals surface area contributed by atoms with Crippen LogP contribution in [0, 0.1) is 0 Å². The van der Waals surface area contributed by atoms with Crippen molar-refractivity contribution in [1.82, 2.24) is 5.43 Å². The monoisotopic (exact) mass is 498 g/mol. The van der Waals surface area contributed by atoms with E-state index in [2.05, 4.69) is 15.8 Å². The number of nitrogens with one attached hydrogen (secondary N) is 2. The minimum absolute atomic E-state index is 0.198. The summed E-state index contributed by atoms with van der Waals surface area (Å²) in [6.45, 7) is 1.19. The Balaban J connectivity index is 1.69. The maximum Gasteiger partial charge on any atom is 0.260 e. The molecule has 34 heavy (non-hydrogen) atoms. The molecule has 2 amide bonds. The van der Waals surface area contributed by atoms with Crippen molar-refractivity contribution >= 4 is 50.5 Å². The quantitative estimate of drug-likeness (QED) is 0.362. The fourth-order valence-electron chi connectivity index (χ4n) is 3.03. The second-order valence-electron chi connectivity index (χ2n) is 7.35. The number of hydrogen-bond acceptors (Lipinski definition) is 5. The molecule has 3 aromatic rings. The van der Waals surface area contributed by atoms with Gasteiger partial charge < -0.3 is 5.32 Å². The lowest BCUT2D eigenvalue weighted by molar-refractivity contribution is -0.119. The van der Waals surface area contributed by atoms with Crippen LogP contribution in [-0.2, 0) is 14.8 Å². The summed E-state index contributed by atoms with van der Waals surface area (Å²) in [5.74, 6) is -0.890. The third-order valence-electron chi connectivity index (χ3n) is 4.73. The number of carbonyl (C=O) groups excluding carboxylic acids is 2. The zero-order valence-corrected chi connectivity index (χ0v) is 20.1. The highest BCUT2D eigenvalue weighted by Gasteiger charge is 2.22. The summed E-state index contributed by atoms with van der Waals surface area (Å²) in [5, 5.41) is 7.09. The fourth-order valence-corrected chi connectivity index (χ4v) is 4.18. The van der Waals surface area contributed by atoms with E-state index in [4.69, 9.17) is 11.6 Å². The first-order chi connectivity index (χ1) is 16.1. The van der Waals surface area contributed by atoms with Crippen LogP contribution in [-0.4, -0.2) is 38.7 Å². The first-order valence-corrected chi connectivity index (χ1v) is 12.4. The Morgan fingerprint density at radius 1 is 0.941 bits per heavy atom. The van der Waals surface area contributed by atoms with Gasteiger partial charge in [0.05, 0.1) is 22.7 Å². The molecule has 0 spiro atoms. The van der Waals surface area contributed by atoms with E-state index in [0.29, 0.717) is 22.5 Å². The number of para-hydroxylation sites is 1. The van der Waals surface area contributed by atoms with E-state index >= 15 is 0 Å². The van der Waals surface area contributed by atoms with Crippen LogP contribution in [0.3, 0.4) is 0 Å². The molecule has 10 heteroatoms. The van der Waals surface area contributed by atoms with Gasteiger partial charge in [0.25, 0.3) is 11.8 Å². The number of amides is 2. The molecule has 0 aliphatic heterocycles. The number of sulfonamides is 1. The van der Waals surface area contributed by atoms with Gasteiger partial charge in [-0.3, -0.25) is 13.9 Å². The van der Waals surface area contributed by atoms with Gasteiger partial charge in [0, 0.05) is 11.3 Å². The Morgan fingerprint density at radius 3 is 2.26 bits per heavy atom. The van der Waals surface area contributed by atoms with Gasteiger partial charge in [0.15, 0.2) is 0 Å². The summed E-state index contributed by atoms with van der Waals surface area (Å²) in [5.41, 5.74) is 4.79. The van der Waals surface area contributed by atoms with Crippen LogP contribution in [0.1, 0.15) is 22.8 Å². The molecule has 0 fully saturated rings. The van der Waals surface area contributed by atoms with E-state index in [-0.39, 0.29) is 16.6 Å². The minimum Gasteiger partial charge on any atom is -0.322 e. The van der Waals surface area contributed by atoms with E-state index < -0.39 is 22.5 Å². The van der Waals surface area contributed by atoms with Gasteiger partial charge in [-0.2, -0.15) is 5.10 Å². The van der Waals surface area contributed by atoms with E-state index in [9.17, 15) is 18.0 Å². The largest absolute Gasteiger partial charge is 0.322 e. The van der Waals surface area contributed by atoms with Crippen LogP contribution >= 0.6 is 11.6 Å². The molecule has 0 aliphatic rings. The van der Waals surface area contributed by atoms with Crippen molar-refractivity contribution in [3.63, 3.8) is 0 Å². The maximum absolute atomic E-state index is 12.5. The maximum atomic E-state index is 12.5. The van der Waals surface area contributed by atoms with E-state index in [1.807, 2.05) is 6.07 Å². The van der Waals surface area contributed by atoms with Gasteiger partial charge >= 0.3 is 0 Å². The standard InChI is InChI=1S/C24H23ClN4O4S/c1-17(19-11-8-12-20(15-19)26-24(31)18-9-4-3-5-10-18)27-28-23(30)16-29(34(2,32)33)22-14-7-6-13-21(22)25/h3-15H,16H2,1-2H3,(H,26,31)(H,28,30)/b27-17-. The van der Waals surface area contributed by atoms with Crippen LogP contribution < -0.4 is 15.0 Å². The molecule has 0 atom stereocenters. The first-order valence-electron chi connectivity index (χ1n) is 10.2.